The van der Waals surface area contributed by atoms with Crippen LogP contribution < -0.4 is 10.1 Å². The minimum absolute atomic E-state index is 0.0912. The average molecular weight is 525 g/mol. The van der Waals surface area contributed by atoms with Crippen molar-refractivity contribution in [3.05, 3.63) is 40.4 Å². The van der Waals surface area contributed by atoms with Crippen LogP contribution in [0.15, 0.2) is 23.6 Å². The normalized spacial score (nSPS) is 28.1. The first-order valence-corrected chi connectivity index (χ1v) is 14.3. The lowest BCUT2D eigenvalue weighted by molar-refractivity contribution is -0.142. The van der Waals surface area contributed by atoms with E-state index in [1.807, 2.05) is 0 Å². The van der Waals surface area contributed by atoms with Crippen LogP contribution in [-0.2, 0) is 32.0 Å². The number of anilines is 1. The molecule has 0 spiro atoms. The van der Waals surface area contributed by atoms with Gasteiger partial charge in [0, 0.05) is 23.6 Å². The molecular formula is C29H36N2O5S. The number of carbonyl (C=O) groups excluding carboxylic acids is 3. The number of carbonyl (C=O) groups is 3. The second-order valence-corrected chi connectivity index (χ2v) is 11.8. The van der Waals surface area contributed by atoms with E-state index in [0.29, 0.717) is 60.2 Å². The number of aryl methyl sites for hydroxylation is 1. The summed E-state index contributed by atoms with van der Waals surface area (Å²) in [7, 11) is 1.71. The number of nitrogens with one attached hydrogen (secondary N) is 1. The molecule has 2 saturated carbocycles. The third kappa shape index (κ3) is 5.05. The van der Waals surface area contributed by atoms with Gasteiger partial charge < -0.3 is 14.8 Å². The number of aromatic nitrogens is 1. The number of nitrogens with zero attached hydrogens (tertiary/aromatic N) is 1. The SMILES string of the molecule is CCOC(=O)Cc1csc(NC(=O)CC[C@@H]2CC(=O)[C@@]3(C)CC[C@@H]4c5ccc(OC)cc5CC[C@H]4[C@H]23)n1. The standard InChI is InChI=1S/C29H36N2O5S/c1-4-36-26(34)15-19-16-37-28(30-19)31-25(33)10-6-18-14-24(32)29(2)12-11-22-21-9-7-20(35-3)13-17(21)5-8-23(22)27(18)29/h7,9,13,16,18,22-23,27H,4-6,8,10-12,14-15H2,1-3H3,(H,30,31,33)/t18-,22-,23-,27+,29-/m1/s1. The van der Waals surface area contributed by atoms with Crippen LogP contribution >= 0.6 is 11.3 Å². The topological polar surface area (TPSA) is 94.6 Å². The van der Waals surface area contributed by atoms with Gasteiger partial charge in [-0.25, -0.2) is 4.98 Å². The Balaban J connectivity index is 1.24. The number of methoxy groups -OCH3 is 1. The number of hydrogen-bond acceptors (Lipinski definition) is 7. The maximum Gasteiger partial charge on any atom is 0.311 e. The molecule has 8 heteroatoms. The van der Waals surface area contributed by atoms with E-state index in [2.05, 4.69) is 35.4 Å². The molecule has 0 radical (unpaired) electrons. The number of ether oxygens (including phenoxy) is 2. The molecule has 2 fully saturated rings. The van der Waals surface area contributed by atoms with Gasteiger partial charge in [-0.1, -0.05) is 13.0 Å². The van der Waals surface area contributed by atoms with Crippen molar-refractivity contribution in [1.82, 2.24) is 4.98 Å². The van der Waals surface area contributed by atoms with Gasteiger partial charge >= 0.3 is 5.97 Å². The molecule has 198 valence electrons. The Bertz CT molecular complexity index is 1190. The molecule has 1 heterocycles. The van der Waals surface area contributed by atoms with Crippen LogP contribution in [0.2, 0.25) is 0 Å². The third-order valence-corrected chi connectivity index (χ3v) is 9.76. The number of benzene rings is 1. The van der Waals surface area contributed by atoms with Crippen molar-refractivity contribution < 1.29 is 23.9 Å². The molecule has 37 heavy (non-hydrogen) atoms. The zero-order valence-electron chi connectivity index (χ0n) is 21.9. The first-order chi connectivity index (χ1) is 17.8. The van der Waals surface area contributed by atoms with Crippen LogP contribution in [0.25, 0.3) is 0 Å². The fraction of sp³-hybridized carbons (Fsp3) is 0.586. The summed E-state index contributed by atoms with van der Waals surface area (Å²) in [5, 5.41) is 5.15. The Morgan fingerprint density at radius 2 is 2.11 bits per heavy atom. The minimum atomic E-state index is -0.324. The highest BCUT2D eigenvalue weighted by Crippen LogP contribution is 2.62. The molecule has 1 aromatic carbocycles. The van der Waals surface area contributed by atoms with Gasteiger partial charge in [0.15, 0.2) is 5.13 Å². The lowest BCUT2D eigenvalue weighted by Gasteiger charge is -2.50. The summed E-state index contributed by atoms with van der Waals surface area (Å²) in [5.74, 6) is 2.37. The van der Waals surface area contributed by atoms with Gasteiger partial charge in [-0.3, -0.25) is 14.4 Å². The first-order valence-electron chi connectivity index (χ1n) is 13.4. The van der Waals surface area contributed by atoms with Crippen LogP contribution in [0.4, 0.5) is 5.13 Å². The predicted molar refractivity (Wildman–Crippen MR) is 142 cm³/mol. The summed E-state index contributed by atoms with van der Waals surface area (Å²) in [6.07, 6.45) is 5.82. The molecule has 0 saturated heterocycles. The lowest BCUT2D eigenvalue weighted by Crippen LogP contribution is -2.44. The van der Waals surface area contributed by atoms with E-state index in [-0.39, 0.29) is 29.6 Å². The number of ketones is 1. The van der Waals surface area contributed by atoms with Crippen LogP contribution in [0.1, 0.15) is 75.1 Å². The second kappa shape index (κ2) is 10.6. The van der Waals surface area contributed by atoms with E-state index in [1.54, 1.807) is 19.4 Å². The van der Waals surface area contributed by atoms with Crippen molar-refractivity contribution in [3.63, 3.8) is 0 Å². The zero-order chi connectivity index (χ0) is 26.2. The van der Waals surface area contributed by atoms with E-state index in [0.717, 1.165) is 31.4 Å². The number of Topliss-reactive ketones (excluding diaryl/α,β-unsaturated/α-hetero) is 1. The van der Waals surface area contributed by atoms with Crippen LogP contribution in [0.3, 0.4) is 0 Å². The molecule has 1 amide bonds. The summed E-state index contributed by atoms with van der Waals surface area (Å²) < 4.78 is 10.4. The number of hydrogen-bond donors (Lipinski definition) is 1. The largest absolute Gasteiger partial charge is 0.497 e. The molecular weight excluding hydrogens is 488 g/mol. The molecule has 1 N–H and O–H groups in total. The summed E-state index contributed by atoms with van der Waals surface area (Å²) >= 11 is 1.31. The molecule has 3 aliphatic rings. The molecule has 2 aromatic rings. The zero-order valence-corrected chi connectivity index (χ0v) is 22.7. The maximum absolute atomic E-state index is 13.3. The van der Waals surface area contributed by atoms with E-state index < -0.39 is 0 Å². The summed E-state index contributed by atoms with van der Waals surface area (Å²) in [4.78, 5) is 42.1. The van der Waals surface area contributed by atoms with Crippen molar-refractivity contribution in [2.24, 2.45) is 23.2 Å². The number of fused-ring (bicyclic) bond motifs is 5. The summed E-state index contributed by atoms with van der Waals surface area (Å²) in [6.45, 7) is 4.28. The van der Waals surface area contributed by atoms with E-state index >= 15 is 0 Å². The Morgan fingerprint density at radius 1 is 1.27 bits per heavy atom. The van der Waals surface area contributed by atoms with Crippen molar-refractivity contribution >= 4 is 34.1 Å². The highest BCUT2D eigenvalue weighted by atomic mass is 32.1. The maximum atomic E-state index is 13.3. The van der Waals surface area contributed by atoms with Gasteiger partial charge in [-0.15, -0.1) is 11.3 Å². The quantitative estimate of drug-likeness (QED) is 0.469. The molecule has 7 nitrogen and oxygen atoms in total. The highest BCUT2D eigenvalue weighted by molar-refractivity contribution is 7.13. The van der Waals surface area contributed by atoms with E-state index in [9.17, 15) is 14.4 Å². The lowest BCUT2D eigenvalue weighted by atomic mass is 9.54. The molecule has 0 unspecified atom stereocenters. The van der Waals surface area contributed by atoms with Gasteiger partial charge in [0.05, 0.1) is 25.8 Å². The summed E-state index contributed by atoms with van der Waals surface area (Å²) in [5.41, 5.74) is 3.13. The number of thiazole rings is 1. The molecule has 5 atom stereocenters. The van der Waals surface area contributed by atoms with Gasteiger partial charge in [-0.05, 0) is 86.0 Å². The van der Waals surface area contributed by atoms with Crippen LogP contribution in [0.5, 0.6) is 5.75 Å². The van der Waals surface area contributed by atoms with Crippen molar-refractivity contribution in [3.8, 4) is 5.75 Å². The fourth-order valence-corrected chi connectivity index (χ4v) is 8.04. The van der Waals surface area contributed by atoms with Gasteiger partial charge in [0.25, 0.3) is 0 Å². The predicted octanol–water partition coefficient (Wildman–Crippen LogP) is 5.33. The fourth-order valence-electron chi connectivity index (χ4n) is 7.31. The molecule has 0 bridgehead atoms. The van der Waals surface area contributed by atoms with Crippen LogP contribution in [0, 0.1) is 23.2 Å². The Morgan fingerprint density at radius 3 is 2.89 bits per heavy atom. The minimum Gasteiger partial charge on any atom is -0.497 e. The van der Waals surface area contributed by atoms with E-state index in [1.165, 1.54) is 22.5 Å². The summed E-state index contributed by atoms with van der Waals surface area (Å²) in [6, 6.07) is 6.47. The number of rotatable bonds is 8. The van der Waals surface area contributed by atoms with Gasteiger partial charge in [0.1, 0.15) is 11.5 Å². The molecule has 5 rings (SSSR count). The average Bonchev–Trinajstić information content (AvgIpc) is 3.42. The first kappa shape index (κ1) is 25.9. The van der Waals surface area contributed by atoms with Gasteiger partial charge in [-0.2, -0.15) is 0 Å². The Hall–Kier alpha value is -2.74. The molecule has 3 aliphatic carbocycles. The second-order valence-electron chi connectivity index (χ2n) is 11.0. The van der Waals surface area contributed by atoms with Crippen LogP contribution in [-0.4, -0.2) is 36.4 Å². The Kier molecular flexibility index (Phi) is 7.39. The van der Waals surface area contributed by atoms with Gasteiger partial charge in [0.2, 0.25) is 5.91 Å². The number of amides is 1. The molecule has 1 aromatic heterocycles. The molecule has 0 aliphatic heterocycles. The van der Waals surface area contributed by atoms with E-state index in [4.69, 9.17) is 9.47 Å². The highest BCUT2D eigenvalue weighted by Gasteiger charge is 2.58. The Labute approximate surface area is 222 Å². The van der Waals surface area contributed by atoms with Crippen molar-refractivity contribution in [2.75, 3.05) is 19.0 Å². The monoisotopic (exact) mass is 524 g/mol. The van der Waals surface area contributed by atoms with Crippen molar-refractivity contribution in [2.45, 2.75) is 71.1 Å². The van der Waals surface area contributed by atoms with Crippen molar-refractivity contribution in [1.29, 1.82) is 0 Å². The third-order valence-electron chi connectivity index (χ3n) is 8.95. The smallest absolute Gasteiger partial charge is 0.311 e. The number of esters is 1.